The SMILES string of the molecule is COc1cc(C)ccc1C(Cc1cccc(Cl)c1Cl)NN. The lowest BCUT2D eigenvalue weighted by atomic mass is 9.97. The van der Waals surface area contributed by atoms with Crippen molar-refractivity contribution in [3.63, 3.8) is 0 Å². The van der Waals surface area contributed by atoms with E-state index in [2.05, 4.69) is 5.43 Å². The Kier molecular flexibility index (Phi) is 5.48. The first-order valence-corrected chi connectivity index (χ1v) is 7.36. The molecule has 0 saturated heterocycles. The molecule has 2 rings (SSSR count). The third kappa shape index (κ3) is 3.69. The molecule has 0 aliphatic rings. The fraction of sp³-hybridized carbons (Fsp3) is 0.250. The molecule has 0 amide bonds. The van der Waals surface area contributed by atoms with Crippen LogP contribution in [0.15, 0.2) is 36.4 Å². The van der Waals surface area contributed by atoms with E-state index in [-0.39, 0.29) is 6.04 Å². The van der Waals surface area contributed by atoms with Gasteiger partial charge in [-0.25, -0.2) is 0 Å². The number of hydrogen-bond donors (Lipinski definition) is 2. The Morgan fingerprint density at radius 3 is 2.67 bits per heavy atom. The second-order valence-electron chi connectivity index (χ2n) is 4.88. The standard InChI is InChI=1S/C16H18Cl2N2O/c1-10-6-7-12(15(8-10)21-2)14(20-19)9-11-4-3-5-13(17)16(11)18/h3-8,14,20H,9,19H2,1-2H3. The van der Waals surface area contributed by atoms with Crippen LogP contribution in [0, 0.1) is 6.92 Å². The van der Waals surface area contributed by atoms with Crippen LogP contribution in [0.1, 0.15) is 22.7 Å². The zero-order chi connectivity index (χ0) is 15.4. The molecule has 0 spiro atoms. The normalized spacial score (nSPS) is 12.2. The van der Waals surface area contributed by atoms with Crippen LogP contribution in [0.25, 0.3) is 0 Å². The minimum absolute atomic E-state index is 0.114. The Morgan fingerprint density at radius 2 is 2.00 bits per heavy atom. The van der Waals surface area contributed by atoms with Gasteiger partial charge in [-0.3, -0.25) is 11.3 Å². The fourth-order valence-electron chi connectivity index (χ4n) is 2.29. The molecule has 0 aliphatic heterocycles. The van der Waals surface area contributed by atoms with Crippen molar-refractivity contribution in [1.82, 2.24) is 5.43 Å². The summed E-state index contributed by atoms with van der Waals surface area (Å²) in [5.41, 5.74) is 5.88. The Hall–Kier alpha value is -1.26. The van der Waals surface area contributed by atoms with E-state index in [4.69, 9.17) is 33.8 Å². The van der Waals surface area contributed by atoms with Crippen LogP contribution in [0.4, 0.5) is 0 Å². The van der Waals surface area contributed by atoms with Crippen LogP contribution in [0.2, 0.25) is 10.0 Å². The molecule has 0 saturated carbocycles. The van der Waals surface area contributed by atoms with Crippen molar-refractivity contribution < 1.29 is 4.74 Å². The third-order valence-electron chi connectivity index (χ3n) is 3.42. The van der Waals surface area contributed by atoms with Crippen LogP contribution in [0.5, 0.6) is 5.75 Å². The van der Waals surface area contributed by atoms with Crippen molar-refractivity contribution in [2.75, 3.05) is 7.11 Å². The molecule has 0 fully saturated rings. The number of methoxy groups -OCH3 is 1. The van der Waals surface area contributed by atoms with E-state index in [0.29, 0.717) is 16.5 Å². The molecular weight excluding hydrogens is 307 g/mol. The van der Waals surface area contributed by atoms with Gasteiger partial charge in [-0.1, -0.05) is 47.5 Å². The van der Waals surface area contributed by atoms with Crippen molar-refractivity contribution in [2.45, 2.75) is 19.4 Å². The highest BCUT2D eigenvalue weighted by Crippen LogP contribution is 2.32. The largest absolute Gasteiger partial charge is 0.496 e. The smallest absolute Gasteiger partial charge is 0.123 e. The molecule has 1 atom stereocenters. The Labute approximate surface area is 135 Å². The van der Waals surface area contributed by atoms with E-state index < -0.39 is 0 Å². The minimum atomic E-state index is -0.114. The molecule has 0 aromatic heterocycles. The van der Waals surface area contributed by atoms with Crippen LogP contribution < -0.4 is 16.0 Å². The quantitative estimate of drug-likeness (QED) is 0.644. The maximum absolute atomic E-state index is 6.25. The zero-order valence-electron chi connectivity index (χ0n) is 12.0. The predicted octanol–water partition coefficient (Wildman–Crippen LogP) is 4.06. The molecule has 0 bridgehead atoms. The second-order valence-corrected chi connectivity index (χ2v) is 5.67. The van der Waals surface area contributed by atoms with Crippen LogP contribution in [-0.2, 0) is 6.42 Å². The molecule has 2 aromatic carbocycles. The van der Waals surface area contributed by atoms with Gasteiger partial charge in [0.05, 0.1) is 23.2 Å². The number of aryl methyl sites for hydroxylation is 1. The van der Waals surface area contributed by atoms with E-state index in [1.807, 2.05) is 37.3 Å². The first-order chi connectivity index (χ1) is 10.1. The summed E-state index contributed by atoms with van der Waals surface area (Å²) in [5.74, 6) is 6.52. The lowest BCUT2D eigenvalue weighted by molar-refractivity contribution is 0.398. The van der Waals surface area contributed by atoms with Crippen molar-refractivity contribution in [3.8, 4) is 5.75 Å². The molecule has 2 aromatic rings. The Morgan fingerprint density at radius 1 is 1.24 bits per heavy atom. The van der Waals surface area contributed by atoms with E-state index >= 15 is 0 Å². The summed E-state index contributed by atoms with van der Waals surface area (Å²) >= 11 is 12.3. The van der Waals surface area contributed by atoms with Gasteiger partial charge in [0.2, 0.25) is 0 Å². The molecule has 0 radical (unpaired) electrons. The number of rotatable bonds is 5. The summed E-state index contributed by atoms with van der Waals surface area (Å²) in [4.78, 5) is 0. The maximum atomic E-state index is 6.25. The Bertz CT molecular complexity index is 632. The van der Waals surface area contributed by atoms with Crippen LogP contribution >= 0.6 is 23.2 Å². The summed E-state index contributed by atoms with van der Waals surface area (Å²) in [5, 5.41) is 1.10. The van der Waals surface area contributed by atoms with E-state index in [1.165, 1.54) is 0 Å². The highest BCUT2D eigenvalue weighted by Gasteiger charge is 2.17. The molecule has 21 heavy (non-hydrogen) atoms. The van der Waals surface area contributed by atoms with Crippen molar-refractivity contribution in [1.29, 1.82) is 0 Å². The van der Waals surface area contributed by atoms with Gasteiger partial charge in [0, 0.05) is 5.56 Å². The van der Waals surface area contributed by atoms with Crippen molar-refractivity contribution >= 4 is 23.2 Å². The average Bonchev–Trinajstić information content (AvgIpc) is 2.49. The average molecular weight is 325 g/mol. The van der Waals surface area contributed by atoms with Gasteiger partial charge in [0.25, 0.3) is 0 Å². The number of hydrazine groups is 1. The molecule has 1 unspecified atom stereocenters. The number of benzene rings is 2. The molecule has 112 valence electrons. The number of nitrogens with two attached hydrogens (primary N) is 1. The summed E-state index contributed by atoms with van der Waals surface area (Å²) in [6.45, 7) is 2.02. The third-order valence-corrected chi connectivity index (χ3v) is 4.28. The van der Waals surface area contributed by atoms with Gasteiger partial charge in [-0.05, 0) is 36.6 Å². The fourth-order valence-corrected chi connectivity index (χ4v) is 2.69. The van der Waals surface area contributed by atoms with E-state index in [1.54, 1.807) is 13.2 Å². The monoisotopic (exact) mass is 324 g/mol. The lowest BCUT2D eigenvalue weighted by Gasteiger charge is -2.20. The molecular formula is C16H18Cl2N2O. The van der Waals surface area contributed by atoms with Crippen LogP contribution in [0.3, 0.4) is 0 Å². The lowest BCUT2D eigenvalue weighted by Crippen LogP contribution is -2.30. The Balaban J connectivity index is 2.34. The summed E-state index contributed by atoms with van der Waals surface area (Å²) in [6.07, 6.45) is 0.620. The molecule has 3 N–H and O–H groups in total. The molecule has 0 aliphatic carbocycles. The molecule has 5 heteroatoms. The van der Waals surface area contributed by atoms with Gasteiger partial charge in [-0.2, -0.15) is 0 Å². The number of halogens is 2. The molecule has 0 heterocycles. The second kappa shape index (κ2) is 7.14. The van der Waals surface area contributed by atoms with Crippen molar-refractivity contribution in [2.24, 2.45) is 5.84 Å². The van der Waals surface area contributed by atoms with Gasteiger partial charge in [-0.15, -0.1) is 0 Å². The summed E-state index contributed by atoms with van der Waals surface area (Å²) < 4.78 is 5.45. The van der Waals surface area contributed by atoms with E-state index in [0.717, 1.165) is 22.4 Å². The number of nitrogens with one attached hydrogen (secondary N) is 1. The van der Waals surface area contributed by atoms with Gasteiger partial charge >= 0.3 is 0 Å². The van der Waals surface area contributed by atoms with Crippen molar-refractivity contribution in [3.05, 3.63) is 63.1 Å². The first-order valence-electron chi connectivity index (χ1n) is 6.60. The zero-order valence-corrected chi connectivity index (χ0v) is 13.5. The number of ether oxygens (including phenoxy) is 1. The highest BCUT2D eigenvalue weighted by molar-refractivity contribution is 6.42. The van der Waals surface area contributed by atoms with E-state index in [9.17, 15) is 0 Å². The highest BCUT2D eigenvalue weighted by atomic mass is 35.5. The first kappa shape index (κ1) is 16.1. The minimum Gasteiger partial charge on any atom is -0.496 e. The predicted molar refractivity (Wildman–Crippen MR) is 88.0 cm³/mol. The molecule has 3 nitrogen and oxygen atoms in total. The summed E-state index contributed by atoms with van der Waals surface area (Å²) in [7, 11) is 1.65. The van der Waals surface area contributed by atoms with Gasteiger partial charge < -0.3 is 4.74 Å². The van der Waals surface area contributed by atoms with Gasteiger partial charge in [0.15, 0.2) is 0 Å². The summed E-state index contributed by atoms with van der Waals surface area (Å²) in [6, 6.07) is 11.5. The van der Waals surface area contributed by atoms with Gasteiger partial charge in [0.1, 0.15) is 5.75 Å². The van der Waals surface area contributed by atoms with Crippen LogP contribution in [-0.4, -0.2) is 7.11 Å². The topological polar surface area (TPSA) is 47.3 Å². The number of hydrogen-bond acceptors (Lipinski definition) is 3. The maximum Gasteiger partial charge on any atom is 0.123 e.